The summed E-state index contributed by atoms with van der Waals surface area (Å²) in [6.07, 6.45) is 3.97. The van der Waals surface area contributed by atoms with Gasteiger partial charge in [0.05, 0.1) is 6.20 Å². The van der Waals surface area contributed by atoms with E-state index in [4.69, 9.17) is 9.97 Å². The number of anilines is 2. The molecule has 0 aliphatic carbocycles. The predicted octanol–water partition coefficient (Wildman–Crippen LogP) is 2.91. The van der Waals surface area contributed by atoms with Crippen molar-refractivity contribution in [1.82, 2.24) is 25.1 Å². The Bertz CT molecular complexity index is 789. The molecule has 3 aromatic rings. The molecule has 6 nitrogen and oxygen atoms in total. The van der Waals surface area contributed by atoms with E-state index in [1.165, 1.54) is 0 Å². The predicted molar refractivity (Wildman–Crippen MR) is 90.9 cm³/mol. The maximum Gasteiger partial charge on any atom is 0.160 e. The monoisotopic (exact) mass is 308 g/mol. The molecule has 118 valence electrons. The minimum absolute atomic E-state index is 0.418. The number of nitrogens with one attached hydrogen (secondary N) is 2. The molecule has 0 amide bonds. The molecule has 0 saturated carbocycles. The number of aromatic amines is 1. The first-order valence-electron chi connectivity index (χ1n) is 8.01. The van der Waals surface area contributed by atoms with Crippen LogP contribution in [-0.4, -0.2) is 45.2 Å². The van der Waals surface area contributed by atoms with Crippen molar-refractivity contribution >= 4 is 22.5 Å². The van der Waals surface area contributed by atoms with Crippen LogP contribution in [0.3, 0.4) is 0 Å². The summed E-state index contributed by atoms with van der Waals surface area (Å²) in [5, 5.41) is 10.5. The van der Waals surface area contributed by atoms with Crippen molar-refractivity contribution in [2.75, 3.05) is 25.5 Å². The molecule has 0 bridgehead atoms. The zero-order valence-electron chi connectivity index (χ0n) is 13.2. The van der Waals surface area contributed by atoms with Gasteiger partial charge in [-0.3, -0.25) is 5.10 Å². The second kappa shape index (κ2) is 5.96. The zero-order valence-corrected chi connectivity index (χ0v) is 13.2. The normalized spacial score (nSPS) is 16.7. The molecule has 2 aromatic heterocycles. The summed E-state index contributed by atoms with van der Waals surface area (Å²) in [6, 6.07) is 10.1. The highest BCUT2D eigenvalue weighted by atomic mass is 15.2. The van der Waals surface area contributed by atoms with Crippen LogP contribution in [0, 0.1) is 0 Å². The summed E-state index contributed by atoms with van der Waals surface area (Å²) in [5.41, 5.74) is 2.73. The zero-order chi connectivity index (χ0) is 15.6. The number of aromatic nitrogens is 4. The second-order valence-electron chi connectivity index (χ2n) is 6.13. The summed E-state index contributed by atoms with van der Waals surface area (Å²) in [7, 11) is 2.17. The number of rotatable bonds is 3. The van der Waals surface area contributed by atoms with Gasteiger partial charge < -0.3 is 10.2 Å². The molecule has 6 heteroatoms. The number of likely N-dealkylation sites (tertiary alicyclic amines) is 1. The topological polar surface area (TPSA) is 69.7 Å². The molecule has 1 saturated heterocycles. The number of hydrogen-bond acceptors (Lipinski definition) is 5. The van der Waals surface area contributed by atoms with Crippen LogP contribution in [0.25, 0.3) is 11.0 Å². The van der Waals surface area contributed by atoms with Crippen LogP contribution in [0.4, 0.5) is 11.5 Å². The Labute approximate surface area is 135 Å². The number of piperidine rings is 1. The highest BCUT2D eigenvalue weighted by molar-refractivity contribution is 5.86. The van der Waals surface area contributed by atoms with E-state index in [9.17, 15) is 0 Å². The van der Waals surface area contributed by atoms with Gasteiger partial charge in [-0.2, -0.15) is 5.10 Å². The van der Waals surface area contributed by atoms with Gasteiger partial charge in [0.15, 0.2) is 5.82 Å². The van der Waals surface area contributed by atoms with Gasteiger partial charge in [0.25, 0.3) is 0 Å². The first-order valence-corrected chi connectivity index (χ1v) is 8.01. The SMILES string of the molecule is CN1CCC(c2nc(Nc3ccccc3)c3[nH]ncc3n2)CC1. The molecule has 23 heavy (non-hydrogen) atoms. The molecule has 0 atom stereocenters. The van der Waals surface area contributed by atoms with Crippen LogP contribution >= 0.6 is 0 Å². The van der Waals surface area contributed by atoms with Gasteiger partial charge in [-0.25, -0.2) is 9.97 Å². The van der Waals surface area contributed by atoms with E-state index in [0.717, 1.165) is 54.3 Å². The van der Waals surface area contributed by atoms with Crippen molar-refractivity contribution in [3.8, 4) is 0 Å². The van der Waals surface area contributed by atoms with E-state index in [-0.39, 0.29) is 0 Å². The average Bonchev–Trinajstić information content (AvgIpc) is 3.05. The molecule has 0 radical (unpaired) electrons. The van der Waals surface area contributed by atoms with Crippen molar-refractivity contribution in [3.63, 3.8) is 0 Å². The summed E-state index contributed by atoms with van der Waals surface area (Å²) < 4.78 is 0. The van der Waals surface area contributed by atoms with E-state index in [1.54, 1.807) is 6.20 Å². The lowest BCUT2D eigenvalue weighted by Crippen LogP contribution is -2.30. The van der Waals surface area contributed by atoms with Crippen LogP contribution in [0.1, 0.15) is 24.6 Å². The Morgan fingerprint density at radius 2 is 1.91 bits per heavy atom. The minimum Gasteiger partial charge on any atom is -0.338 e. The molecule has 3 heterocycles. The molecular weight excluding hydrogens is 288 g/mol. The molecule has 1 aliphatic heterocycles. The molecule has 0 spiro atoms. The van der Waals surface area contributed by atoms with Crippen molar-refractivity contribution in [2.45, 2.75) is 18.8 Å². The van der Waals surface area contributed by atoms with Gasteiger partial charge in [-0.1, -0.05) is 18.2 Å². The Hall–Kier alpha value is -2.47. The van der Waals surface area contributed by atoms with E-state index >= 15 is 0 Å². The van der Waals surface area contributed by atoms with Crippen molar-refractivity contribution in [1.29, 1.82) is 0 Å². The first-order chi connectivity index (χ1) is 11.3. The maximum atomic E-state index is 4.81. The van der Waals surface area contributed by atoms with Crippen LogP contribution in [0.2, 0.25) is 0 Å². The number of nitrogens with zero attached hydrogens (tertiary/aromatic N) is 4. The third-order valence-corrected chi connectivity index (χ3v) is 4.44. The highest BCUT2D eigenvalue weighted by Gasteiger charge is 2.22. The fraction of sp³-hybridized carbons (Fsp3) is 0.353. The smallest absolute Gasteiger partial charge is 0.160 e. The summed E-state index contributed by atoms with van der Waals surface area (Å²) in [6.45, 7) is 2.19. The Balaban J connectivity index is 1.70. The molecule has 1 fully saturated rings. The fourth-order valence-corrected chi connectivity index (χ4v) is 3.06. The number of fused-ring (bicyclic) bond motifs is 1. The van der Waals surface area contributed by atoms with Crippen molar-refractivity contribution in [3.05, 3.63) is 42.4 Å². The van der Waals surface area contributed by atoms with Gasteiger partial charge >= 0.3 is 0 Å². The number of H-pyrrole nitrogens is 1. The van der Waals surface area contributed by atoms with Crippen molar-refractivity contribution < 1.29 is 0 Å². The van der Waals surface area contributed by atoms with Gasteiger partial charge in [-0.15, -0.1) is 0 Å². The Kier molecular flexibility index (Phi) is 3.67. The first kappa shape index (κ1) is 14.1. The Morgan fingerprint density at radius 3 is 2.70 bits per heavy atom. The molecular formula is C17H20N6. The lowest BCUT2D eigenvalue weighted by Gasteiger charge is -2.28. The average molecular weight is 308 g/mol. The third-order valence-electron chi connectivity index (χ3n) is 4.44. The maximum absolute atomic E-state index is 4.81. The lowest BCUT2D eigenvalue weighted by molar-refractivity contribution is 0.251. The van der Waals surface area contributed by atoms with Crippen LogP contribution in [0.15, 0.2) is 36.5 Å². The van der Waals surface area contributed by atoms with Gasteiger partial charge in [0.2, 0.25) is 0 Å². The van der Waals surface area contributed by atoms with Gasteiger partial charge in [0, 0.05) is 11.6 Å². The third kappa shape index (κ3) is 2.90. The molecule has 0 unspecified atom stereocenters. The van der Waals surface area contributed by atoms with Crippen molar-refractivity contribution in [2.24, 2.45) is 0 Å². The number of para-hydroxylation sites is 1. The van der Waals surface area contributed by atoms with Gasteiger partial charge in [-0.05, 0) is 45.1 Å². The summed E-state index contributed by atoms with van der Waals surface area (Å²) in [5.74, 6) is 2.14. The van der Waals surface area contributed by atoms with Crippen LogP contribution < -0.4 is 5.32 Å². The van der Waals surface area contributed by atoms with Gasteiger partial charge in [0.1, 0.15) is 16.9 Å². The van der Waals surface area contributed by atoms with Crippen LogP contribution in [-0.2, 0) is 0 Å². The molecule has 4 rings (SSSR count). The van der Waals surface area contributed by atoms with E-state index in [1.807, 2.05) is 30.3 Å². The lowest BCUT2D eigenvalue weighted by atomic mass is 9.96. The Morgan fingerprint density at radius 1 is 1.13 bits per heavy atom. The highest BCUT2D eigenvalue weighted by Crippen LogP contribution is 2.29. The quantitative estimate of drug-likeness (QED) is 0.778. The largest absolute Gasteiger partial charge is 0.338 e. The van der Waals surface area contributed by atoms with E-state index < -0.39 is 0 Å². The van der Waals surface area contributed by atoms with E-state index in [2.05, 4.69) is 27.5 Å². The van der Waals surface area contributed by atoms with E-state index in [0.29, 0.717) is 5.92 Å². The summed E-state index contributed by atoms with van der Waals surface area (Å²) >= 11 is 0. The molecule has 1 aliphatic rings. The fourth-order valence-electron chi connectivity index (χ4n) is 3.06. The molecule has 2 N–H and O–H groups in total. The standard InChI is InChI=1S/C17H20N6/c1-23-9-7-12(8-10-23)16-20-14-11-18-22-15(14)17(21-16)19-13-5-3-2-4-6-13/h2-6,11-12H,7-10H2,1H3,(H,18,22)(H,19,20,21). The molecule has 1 aromatic carbocycles. The second-order valence-corrected chi connectivity index (χ2v) is 6.13. The number of hydrogen-bond donors (Lipinski definition) is 2. The summed E-state index contributed by atoms with van der Waals surface area (Å²) in [4.78, 5) is 11.9. The minimum atomic E-state index is 0.418. The van der Waals surface area contributed by atoms with Crippen LogP contribution in [0.5, 0.6) is 0 Å². The number of benzene rings is 1.